The van der Waals surface area contributed by atoms with Crippen molar-refractivity contribution in [2.24, 2.45) is 0 Å². The number of hydrogen-bond donors (Lipinski definition) is 1. The third-order valence-corrected chi connectivity index (χ3v) is 6.86. The number of nitrogens with one attached hydrogen (secondary N) is 1. The molecule has 9 nitrogen and oxygen atoms in total. The Kier molecular flexibility index (Phi) is 6.68. The van der Waals surface area contributed by atoms with E-state index in [2.05, 4.69) is 5.32 Å². The number of piperidine rings is 1. The molecule has 1 saturated heterocycles. The van der Waals surface area contributed by atoms with E-state index in [1.54, 1.807) is 19.1 Å². The standard InChI is InChI=1S/C20H23N3O6S/c1-15-5-6-16(13-19(15)30(27,28)22-11-3-2-4-12-22)21-20(24)14-29-18-9-7-17(8-10-18)23(25)26/h5-10,13H,2-4,11-12,14H2,1H3,(H,21,24). The van der Waals surface area contributed by atoms with Crippen LogP contribution in [-0.4, -0.2) is 43.2 Å². The van der Waals surface area contributed by atoms with Crippen LogP contribution in [0, 0.1) is 17.0 Å². The van der Waals surface area contributed by atoms with Crippen molar-refractivity contribution in [1.29, 1.82) is 0 Å². The van der Waals surface area contributed by atoms with Gasteiger partial charge < -0.3 is 10.1 Å². The van der Waals surface area contributed by atoms with Gasteiger partial charge in [-0.3, -0.25) is 14.9 Å². The Morgan fingerprint density at radius 3 is 2.43 bits per heavy atom. The van der Waals surface area contributed by atoms with Crippen molar-refractivity contribution in [2.75, 3.05) is 25.0 Å². The lowest BCUT2D eigenvalue weighted by Gasteiger charge is -2.26. The molecule has 10 heteroatoms. The number of sulfonamides is 1. The summed E-state index contributed by atoms with van der Waals surface area (Å²) in [5, 5.41) is 13.3. The van der Waals surface area contributed by atoms with Crippen molar-refractivity contribution in [3.8, 4) is 5.75 Å². The molecule has 0 bridgehead atoms. The second kappa shape index (κ2) is 9.23. The molecule has 0 radical (unpaired) electrons. The zero-order valence-electron chi connectivity index (χ0n) is 16.5. The van der Waals surface area contributed by atoms with Crippen LogP contribution in [0.15, 0.2) is 47.4 Å². The zero-order chi connectivity index (χ0) is 21.7. The van der Waals surface area contributed by atoms with Gasteiger partial charge >= 0.3 is 0 Å². The van der Waals surface area contributed by atoms with Gasteiger partial charge in [0.05, 0.1) is 9.82 Å². The number of amides is 1. The van der Waals surface area contributed by atoms with Crippen molar-refractivity contribution in [2.45, 2.75) is 31.1 Å². The van der Waals surface area contributed by atoms with E-state index >= 15 is 0 Å². The quantitative estimate of drug-likeness (QED) is 0.529. The van der Waals surface area contributed by atoms with Gasteiger partial charge in [-0.25, -0.2) is 8.42 Å². The molecule has 0 aromatic heterocycles. The summed E-state index contributed by atoms with van der Waals surface area (Å²) >= 11 is 0. The highest BCUT2D eigenvalue weighted by atomic mass is 32.2. The number of nitro benzene ring substituents is 1. The first-order valence-electron chi connectivity index (χ1n) is 9.55. The minimum Gasteiger partial charge on any atom is -0.484 e. The third kappa shape index (κ3) is 5.14. The van der Waals surface area contributed by atoms with Crippen molar-refractivity contribution in [3.63, 3.8) is 0 Å². The Morgan fingerprint density at radius 1 is 1.13 bits per heavy atom. The first kappa shape index (κ1) is 21.7. The van der Waals surface area contributed by atoms with E-state index in [0.29, 0.717) is 30.1 Å². The molecule has 2 aromatic rings. The van der Waals surface area contributed by atoms with Crippen LogP contribution in [0.2, 0.25) is 0 Å². The van der Waals surface area contributed by atoms with E-state index in [-0.39, 0.29) is 17.2 Å². The summed E-state index contributed by atoms with van der Waals surface area (Å²) < 4.78 is 32.8. The SMILES string of the molecule is Cc1ccc(NC(=O)COc2ccc([N+](=O)[O-])cc2)cc1S(=O)(=O)N1CCCCC1. The Labute approximate surface area is 174 Å². The number of benzene rings is 2. The molecule has 1 N–H and O–H groups in total. The monoisotopic (exact) mass is 433 g/mol. The first-order chi connectivity index (χ1) is 14.3. The average Bonchev–Trinajstić information content (AvgIpc) is 2.74. The van der Waals surface area contributed by atoms with Gasteiger partial charge in [-0.1, -0.05) is 12.5 Å². The number of carbonyl (C=O) groups is 1. The molecular formula is C20H23N3O6S. The molecule has 0 aliphatic carbocycles. The number of anilines is 1. The third-order valence-electron chi connectivity index (χ3n) is 4.82. The van der Waals surface area contributed by atoms with Gasteiger partial charge in [0, 0.05) is 30.9 Å². The molecule has 160 valence electrons. The summed E-state index contributed by atoms with van der Waals surface area (Å²) in [5.41, 5.74) is 0.892. The smallest absolute Gasteiger partial charge is 0.269 e. The van der Waals surface area contributed by atoms with Crippen molar-refractivity contribution in [3.05, 3.63) is 58.1 Å². The van der Waals surface area contributed by atoms with Crippen LogP contribution in [-0.2, 0) is 14.8 Å². The molecule has 1 fully saturated rings. The summed E-state index contributed by atoms with van der Waals surface area (Å²) in [7, 11) is -3.62. The number of aryl methyl sites for hydroxylation is 1. The summed E-state index contributed by atoms with van der Waals surface area (Å²) in [6.45, 7) is 2.41. The van der Waals surface area contributed by atoms with Gasteiger partial charge in [0.25, 0.3) is 11.6 Å². The predicted molar refractivity (Wildman–Crippen MR) is 111 cm³/mol. The van der Waals surface area contributed by atoms with Gasteiger partial charge in [-0.15, -0.1) is 0 Å². The first-order valence-corrected chi connectivity index (χ1v) is 11.0. The Morgan fingerprint density at radius 2 is 1.80 bits per heavy atom. The summed E-state index contributed by atoms with van der Waals surface area (Å²) in [6.07, 6.45) is 2.71. The highest BCUT2D eigenvalue weighted by molar-refractivity contribution is 7.89. The minimum atomic E-state index is -3.62. The fraction of sp³-hybridized carbons (Fsp3) is 0.350. The minimum absolute atomic E-state index is 0.0751. The summed E-state index contributed by atoms with van der Waals surface area (Å²) in [4.78, 5) is 22.5. The molecule has 1 heterocycles. The largest absolute Gasteiger partial charge is 0.484 e. The van der Waals surface area contributed by atoms with E-state index < -0.39 is 20.9 Å². The number of ether oxygens (including phenoxy) is 1. The Balaban J connectivity index is 1.65. The van der Waals surface area contributed by atoms with Gasteiger partial charge in [0.2, 0.25) is 10.0 Å². The molecule has 1 amide bonds. The molecule has 0 atom stereocenters. The van der Waals surface area contributed by atoms with E-state index in [1.165, 1.54) is 34.6 Å². The number of nitro groups is 1. The molecule has 1 aliphatic heterocycles. The number of carbonyl (C=O) groups excluding carboxylic acids is 1. The lowest BCUT2D eigenvalue weighted by Crippen LogP contribution is -2.36. The van der Waals surface area contributed by atoms with Gasteiger partial charge in [-0.05, 0) is 49.6 Å². The normalized spacial score (nSPS) is 14.8. The second-order valence-electron chi connectivity index (χ2n) is 7.03. The molecular weight excluding hydrogens is 410 g/mol. The van der Waals surface area contributed by atoms with Crippen LogP contribution >= 0.6 is 0 Å². The molecule has 0 saturated carbocycles. The molecule has 2 aromatic carbocycles. The van der Waals surface area contributed by atoms with Crippen LogP contribution in [0.4, 0.5) is 11.4 Å². The molecule has 1 aliphatic rings. The zero-order valence-corrected chi connectivity index (χ0v) is 17.4. The number of hydrogen-bond acceptors (Lipinski definition) is 6. The molecule has 3 rings (SSSR count). The van der Waals surface area contributed by atoms with Crippen LogP contribution in [0.5, 0.6) is 5.75 Å². The van der Waals surface area contributed by atoms with Crippen LogP contribution < -0.4 is 10.1 Å². The van der Waals surface area contributed by atoms with Crippen LogP contribution in [0.1, 0.15) is 24.8 Å². The summed E-state index contributed by atoms with van der Waals surface area (Å²) in [5.74, 6) is -0.161. The average molecular weight is 433 g/mol. The van der Waals surface area contributed by atoms with E-state index in [9.17, 15) is 23.3 Å². The maximum absolute atomic E-state index is 13.0. The number of nitrogens with zero attached hydrogens (tertiary/aromatic N) is 2. The maximum Gasteiger partial charge on any atom is 0.269 e. The van der Waals surface area contributed by atoms with Gasteiger partial charge in [-0.2, -0.15) is 4.31 Å². The molecule has 30 heavy (non-hydrogen) atoms. The number of non-ortho nitro benzene ring substituents is 1. The lowest BCUT2D eigenvalue weighted by atomic mass is 10.2. The summed E-state index contributed by atoms with van der Waals surface area (Å²) in [6, 6.07) is 10.1. The van der Waals surface area contributed by atoms with Gasteiger partial charge in [0.1, 0.15) is 5.75 Å². The molecule has 0 spiro atoms. The Bertz CT molecular complexity index is 1030. The van der Waals surface area contributed by atoms with Crippen molar-refractivity contribution >= 4 is 27.3 Å². The van der Waals surface area contributed by atoms with Crippen molar-refractivity contribution in [1.82, 2.24) is 4.31 Å². The van der Waals surface area contributed by atoms with E-state index in [0.717, 1.165) is 19.3 Å². The highest BCUT2D eigenvalue weighted by Gasteiger charge is 2.27. The fourth-order valence-corrected chi connectivity index (χ4v) is 4.98. The van der Waals surface area contributed by atoms with Gasteiger partial charge in [0.15, 0.2) is 6.61 Å². The van der Waals surface area contributed by atoms with Crippen LogP contribution in [0.3, 0.4) is 0 Å². The second-order valence-corrected chi connectivity index (χ2v) is 8.94. The van der Waals surface area contributed by atoms with Crippen molar-refractivity contribution < 1.29 is 22.9 Å². The Hall–Kier alpha value is -2.98. The van der Waals surface area contributed by atoms with E-state index in [4.69, 9.17) is 4.74 Å². The topological polar surface area (TPSA) is 119 Å². The van der Waals surface area contributed by atoms with Crippen LogP contribution in [0.25, 0.3) is 0 Å². The van der Waals surface area contributed by atoms with E-state index in [1.807, 2.05) is 0 Å². The maximum atomic E-state index is 13.0. The number of rotatable bonds is 7. The molecule has 0 unspecified atom stereocenters. The fourth-order valence-electron chi connectivity index (χ4n) is 3.21. The highest BCUT2D eigenvalue weighted by Crippen LogP contribution is 2.26. The lowest BCUT2D eigenvalue weighted by molar-refractivity contribution is -0.384. The predicted octanol–water partition coefficient (Wildman–Crippen LogP) is 3.10.